The summed E-state index contributed by atoms with van der Waals surface area (Å²) in [4.78, 5) is 30.1. The lowest BCUT2D eigenvalue weighted by Gasteiger charge is -2.18. The molecule has 0 fully saturated rings. The van der Waals surface area contributed by atoms with Crippen LogP contribution in [0.25, 0.3) is 0 Å². The molecule has 0 saturated heterocycles. The van der Waals surface area contributed by atoms with Gasteiger partial charge in [0, 0.05) is 40.7 Å². The lowest BCUT2D eigenvalue weighted by molar-refractivity contribution is 0.0945. The zero-order chi connectivity index (χ0) is 23.5. The van der Waals surface area contributed by atoms with Crippen LogP contribution >= 0.6 is 11.6 Å². The van der Waals surface area contributed by atoms with Crippen molar-refractivity contribution in [2.24, 2.45) is 0 Å². The number of hydrogen-bond donors (Lipinski definition) is 2. The summed E-state index contributed by atoms with van der Waals surface area (Å²) in [7, 11) is 0. The van der Waals surface area contributed by atoms with Crippen LogP contribution in [0.2, 0.25) is 5.02 Å². The van der Waals surface area contributed by atoms with Crippen LogP contribution < -0.4 is 15.4 Å². The summed E-state index contributed by atoms with van der Waals surface area (Å²) in [6.45, 7) is 0.373. The highest BCUT2D eigenvalue weighted by Gasteiger charge is 2.29. The maximum Gasteiger partial charge on any atom is 0.251 e. The lowest BCUT2D eigenvalue weighted by Crippen LogP contribution is -2.23. The number of ketones is 1. The fourth-order valence-electron chi connectivity index (χ4n) is 3.81. The van der Waals surface area contributed by atoms with Gasteiger partial charge in [-0.15, -0.1) is 0 Å². The van der Waals surface area contributed by atoms with E-state index in [-0.39, 0.29) is 11.7 Å². The molecule has 1 aromatic heterocycles. The number of Topliss-reactive ketones (excluding diaryl/α,β-unsaturated/α-hetero) is 1. The predicted octanol–water partition coefficient (Wildman–Crippen LogP) is 5.81. The number of amides is 1. The minimum absolute atomic E-state index is 0.147. The zero-order valence-electron chi connectivity index (χ0n) is 18.0. The number of ether oxygens (including phenoxy) is 1. The molecule has 2 heterocycles. The Morgan fingerprint density at radius 2 is 1.74 bits per heavy atom. The van der Waals surface area contributed by atoms with Gasteiger partial charge >= 0.3 is 0 Å². The molecule has 34 heavy (non-hydrogen) atoms. The number of rotatable bonds is 5. The Labute approximate surface area is 201 Å². The van der Waals surface area contributed by atoms with E-state index in [0.717, 1.165) is 11.1 Å². The number of benzene rings is 3. The summed E-state index contributed by atoms with van der Waals surface area (Å²) in [5, 5.41) is 6.68. The van der Waals surface area contributed by atoms with E-state index >= 15 is 0 Å². The molecule has 2 N–H and O–H groups in total. The number of carbonyl (C=O) groups excluding carboxylic acids is 2. The molecule has 3 aromatic carbocycles. The topological polar surface area (TPSA) is 80.3 Å². The molecule has 5 rings (SSSR count). The number of pyridine rings is 1. The van der Waals surface area contributed by atoms with Crippen molar-refractivity contribution in [3.63, 3.8) is 0 Å². The van der Waals surface area contributed by atoms with Gasteiger partial charge in [-0.05, 0) is 48.0 Å². The molecule has 1 amide bonds. The number of aromatic nitrogens is 1. The van der Waals surface area contributed by atoms with Crippen LogP contribution in [-0.2, 0) is 6.54 Å². The number of nitrogens with one attached hydrogen (secondary N) is 2. The van der Waals surface area contributed by atoms with Gasteiger partial charge in [-0.25, -0.2) is 0 Å². The quantitative estimate of drug-likeness (QED) is 0.361. The third-order valence-corrected chi connectivity index (χ3v) is 5.80. The van der Waals surface area contributed by atoms with Crippen molar-refractivity contribution in [1.82, 2.24) is 10.3 Å². The molecule has 7 heteroatoms. The predicted molar refractivity (Wildman–Crippen MR) is 131 cm³/mol. The van der Waals surface area contributed by atoms with Gasteiger partial charge in [0.05, 0.1) is 5.69 Å². The summed E-state index contributed by atoms with van der Waals surface area (Å²) in [5.41, 5.74) is 3.20. The Morgan fingerprint density at radius 1 is 0.941 bits per heavy atom. The first-order valence-electron chi connectivity index (χ1n) is 10.7. The summed E-state index contributed by atoms with van der Waals surface area (Å²) in [5.74, 6) is 0.817. The van der Waals surface area contributed by atoms with Gasteiger partial charge in [0.2, 0.25) is 0 Å². The Morgan fingerprint density at radius 3 is 2.53 bits per heavy atom. The van der Waals surface area contributed by atoms with Crippen LogP contribution in [0, 0.1) is 0 Å². The largest absolute Gasteiger partial charge is 0.455 e. The number of halogens is 1. The highest BCUT2D eigenvalue weighted by molar-refractivity contribution is 6.31. The third kappa shape index (κ3) is 4.49. The molecule has 0 spiro atoms. The summed E-state index contributed by atoms with van der Waals surface area (Å²) < 4.78 is 6.06. The van der Waals surface area contributed by atoms with E-state index in [1.165, 1.54) is 0 Å². The third-order valence-electron chi connectivity index (χ3n) is 5.56. The lowest BCUT2D eigenvalue weighted by atomic mass is 9.96. The molecule has 0 radical (unpaired) electrons. The second kappa shape index (κ2) is 9.37. The van der Waals surface area contributed by atoms with Gasteiger partial charge in [-0.1, -0.05) is 48.0 Å². The molecule has 0 bridgehead atoms. The van der Waals surface area contributed by atoms with Crippen molar-refractivity contribution in [1.29, 1.82) is 0 Å². The van der Waals surface area contributed by atoms with Gasteiger partial charge in [-0.3, -0.25) is 14.6 Å². The second-order valence-electron chi connectivity index (χ2n) is 7.84. The molecular weight excluding hydrogens is 450 g/mol. The van der Waals surface area contributed by atoms with Crippen LogP contribution in [0.15, 0.2) is 91.3 Å². The van der Waals surface area contributed by atoms with Crippen LogP contribution in [0.5, 0.6) is 11.5 Å². The first-order valence-corrected chi connectivity index (χ1v) is 11.1. The second-order valence-corrected chi connectivity index (χ2v) is 8.28. The first-order chi connectivity index (χ1) is 16.6. The van der Waals surface area contributed by atoms with E-state index in [9.17, 15) is 9.59 Å². The van der Waals surface area contributed by atoms with E-state index in [4.69, 9.17) is 16.3 Å². The molecule has 1 aliphatic heterocycles. The summed E-state index contributed by atoms with van der Waals surface area (Å²) >= 11 is 6.18. The SMILES string of the molecule is O=C(NCc1cccnc1)c1ccc(C(=O)C2Nc3cc(Cl)ccc3Oc3ccccc32)cc1. The molecule has 1 atom stereocenters. The van der Waals surface area contributed by atoms with Crippen molar-refractivity contribution in [2.45, 2.75) is 12.6 Å². The van der Waals surface area contributed by atoms with E-state index < -0.39 is 6.04 Å². The maximum atomic E-state index is 13.5. The van der Waals surface area contributed by atoms with Gasteiger partial charge in [0.25, 0.3) is 5.91 Å². The monoisotopic (exact) mass is 469 g/mol. The van der Waals surface area contributed by atoms with Crippen molar-refractivity contribution in [2.75, 3.05) is 5.32 Å². The number of hydrogen-bond acceptors (Lipinski definition) is 5. The minimum Gasteiger partial charge on any atom is -0.455 e. The van der Waals surface area contributed by atoms with Crippen molar-refractivity contribution < 1.29 is 14.3 Å². The van der Waals surface area contributed by atoms with Gasteiger partial charge < -0.3 is 15.4 Å². The number of anilines is 1. The van der Waals surface area contributed by atoms with E-state index in [0.29, 0.717) is 39.9 Å². The van der Waals surface area contributed by atoms with E-state index in [1.54, 1.807) is 54.9 Å². The molecule has 4 aromatic rings. The molecule has 1 unspecified atom stereocenters. The average Bonchev–Trinajstić information content (AvgIpc) is 3.04. The number of carbonyl (C=O) groups is 2. The van der Waals surface area contributed by atoms with Crippen LogP contribution in [0.1, 0.15) is 37.9 Å². The average molecular weight is 470 g/mol. The van der Waals surface area contributed by atoms with Gasteiger partial charge in [-0.2, -0.15) is 0 Å². The smallest absolute Gasteiger partial charge is 0.251 e. The molecule has 1 aliphatic rings. The first kappa shape index (κ1) is 21.7. The molecular formula is C27H20ClN3O3. The van der Waals surface area contributed by atoms with E-state index in [2.05, 4.69) is 15.6 Å². The highest BCUT2D eigenvalue weighted by Crippen LogP contribution is 2.42. The maximum absolute atomic E-state index is 13.5. The fourth-order valence-corrected chi connectivity index (χ4v) is 3.99. The Bertz CT molecular complexity index is 1360. The summed E-state index contributed by atoms with van der Waals surface area (Å²) in [6.07, 6.45) is 3.39. The zero-order valence-corrected chi connectivity index (χ0v) is 18.8. The van der Waals surface area contributed by atoms with Crippen molar-refractivity contribution in [3.05, 3.63) is 119 Å². The molecule has 0 aliphatic carbocycles. The fraction of sp³-hybridized carbons (Fsp3) is 0.0741. The standard InChI is InChI=1S/C27H20ClN3O3/c28-20-11-12-24-22(14-20)31-25(21-5-1-2-6-23(21)34-24)26(32)18-7-9-19(10-8-18)27(33)30-16-17-4-3-13-29-15-17/h1-15,25,31H,16H2,(H,30,33). The highest BCUT2D eigenvalue weighted by atomic mass is 35.5. The van der Waals surface area contributed by atoms with Crippen LogP contribution in [0.3, 0.4) is 0 Å². The Hall–Kier alpha value is -4.16. The molecule has 0 saturated carbocycles. The normalized spacial score (nSPS) is 14.0. The number of para-hydroxylation sites is 1. The number of nitrogens with zero attached hydrogens (tertiary/aromatic N) is 1. The Balaban J connectivity index is 1.37. The van der Waals surface area contributed by atoms with Gasteiger partial charge in [0.1, 0.15) is 11.8 Å². The van der Waals surface area contributed by atoms with Gasteiger partial charge in [0.15, 0.2) is 11.5 Å². The molecule has 6 nitrogen and oxygen atoms in total. The minimum atomic E-state index is -0.679. The summed E-state index contributed by atoms with van der Waals surface area (Å²) in [6, 6.07) is 22.3. The van der Waals surface area contributed by atoms with Crippen LogP contribution in [0.4, 0.5) is 5.69 Å². The van der Waals surface area contributed by atoms with Crippen molar-refractivity contribution >= 4 is 29.0 Å². The molecule has 168 valence electrons. The van der Waals surface area contributed by atoms with Crippen LogP contribution in [-0.4, -0.2) is 16.7 Å². The number of fused-ring (bicyclic) bond motifs is 2. The van der Waals surface area contributed by atoms with Crippen molar-refractivity contribution in [3.8, 4) is 11.5 Å². The van der Waals surface area contributed by atoms with E-state index in [1.807, 2.05) is 36.4 Å². The Kier molecular flexibility index (Phi) is 5.97.